The van der Waals surface area contributed by atoms with Gasteiger partial charge in [0.05, 0.1) is 12.5 Å². The number of fused-ring (bicyclic) bond motifs is 1. The van der Waals surface area contributed by atoms with Crippen molar-refractivity contribution < 1.29 is 21.8 Å². The summed E-state index contributed by atoms with van der Waals surface area (Å²) < 4.78 is 42.4. The van der Waals surface area contributed by atoms with Crippen LogP contribution in [0.4, 0.5) is 0 Å². The van der Waals surface area contributed by atoms with Gasteiger partial charge in [0.1, 0.15) is 16.2 Å². The molecule has 0 saturated heterocycles. The van der Waals surface area contributed by atoms with Gasteiger partial charge >= 0.3 is 10.1 Å². The summed E-state index contributed by atoms with van der Waals surface area (Å²) in [5, 5.41) is 0.233. The number of methoxy groups -OCH3 is 1. The number of aryl methyl sites for hydroxylation is 2. The van der Waals surface area contributed by atoms with Crippen LogP contribution in [0, 0.1) is 13.8 Å². The second kappa shape index (κ2) is 7.92. The fourth-order valence-electron chi connectivity index (χ4n) is 3.15. The van der Waals surface area contributed by atoms with Crippen molar-refractivity contribution in [1.82, 2.24) is 0 Å². The zero-order chi connectivity index (χ0) is 22.2. The van der Waals surface area contributed by atoms with Gasteiger partial charge in [-0.1, -0.05) is 23.8 Å². The van der Waals surface area contributed by atoms with E-state index in [1.165, 1.54) is 19.2 Å². The van der Waals surface area contributed by atoms with Crippen molar-refractivity contribution >= 4 is 21.1 Å². The molecule has 0 amide bonds. The van der Waals surface area contributed by atoms with Gasteiger partial charge in [-0.15, -0.1) is 0 Å². The minimum absolute atomic E-state index is 0.0291. The van der Waals surface area contributed by atoms with Crippen LogP contribution in [0.25, 0.3) is 22.3 Å². The molecule has 7 heteroatoms. The summed E-state index contributed by atoms with van der Waals surface area (Å²) in [5.74, 6) is 0.251. The van der Waals surface area contributed by atoms with Gasteiger partial charge in [-0.3, -0.25) is 4.79 Å². The summed E-state index contributed by atoms with van der Waals surface area (Å²) in [4.78, 5) is 13.2. The van der Waals surface area contributed by atoms with Gasteiger partial charge in [0, 0.05) is 5.56 Å². The maximum absolute atomic E-state index is 13.2. The van der Waals surface area contributed by atoms with Crippen molar-refractivity contribution in [2.24, 2.45) is 0 Å². The van der Waals surface area contributed by atoms with Crippen molar-refractivity contribution in [2.75, 3.05) is 7.11 Å². The van der Waals surface area contributed by atoms with Crippen LogP contribution in [-0.4, -0.2) is 15.5 Å². The molecule has 6 nitrogen and oxygen atoms in total. The van der Waals surface area contributed by atoms with Gasteiger partial charge in [-0.05, 0) is 67.9 Å². The minimum atomic E-state index is -4.26. The van der Waals surface area contributed by atoms with Crippen LogP contribution in [-0.2, 0) is 10.1 Å². The average Bonchev–Trinajstić information content (AvgIpc) is 2.76. The molecule has 0 unspecified atom stereocenters. The molecular formula is C24H20O6S. The van der Waals surface area contributed by atoms with Crippen molar-refractivity contribution in [2.45, 2.75) is 18.7 Å². The lowest BCUT2D eigenvalue weighted by atomic mass is 10.1. The Morgan fingerprint density at radius 1 is 0.839 bits per heavy atom. The zero-order valence-electron chi connectivity index (χ0n) is 17.2. The lowest BCUT2D eigenvalue weighted by Gasteiger charge is -2.12. The first-order valence-electron chi connectivity index (χ1n) is 9.51. The summed E-state index contributed by atoms with van der Waals surface area (Å²) >= 11 is 0. The maximum atomic E-state index is 13.2. The minimum Gasteiger partial charge on any atom is -0.497 e. The summed E-state index contributed by atoms with van der Waals surface area (Å²) in [5.41, 5.74) is 2.06. The molecule has 0 radical (unpaired) electrons. The largest absolute Gasteiger partial charge is 0.497 e. The summed E-state index contributed by atoms with van der Waals surface area (Å²) in [7, 11) is -2.72. The Hall–Kier alpha value is -3.58. The Kier molecular flexibility index (Phi) is 5.29. The Balaban J connectivity index is 1.93. The van der Waals surface area contributed by atoms with Crippen molar-refractivity contribution in [3.8, 4) is 22.8 Å². The highest BCUT2D eigenvalue weighted by atomic mass is 32.2. The predicted molar refractivity (Wildman–Crippen MR) is 118 cm³/mol. The van der Waals surface area contributed by atoms with E-state index in [2.05, 4.69) is 0 Å². The Labute approximate surface area is 179 Å². The van der Waals surface area contributed by atoms with Gasteiger partial charge in [0.15, 0.2) is 5.76 Å². The summed E-state index contributed by atoms with van der Waals surface area (Å²) in [6.07, 6.45) is 0. The first kappa shape index (κ1) is 20.7. The molecule has 158 valence electrons. The quantitative estimate of drug-likeness (QED) is 0.416. The van der Waals surface area contributed by atoms with E-state index in [-0.39, 0.29) is 21.8 Å². The third kappa shape index (κ3) is 4.04. The highest BCUT2D eigenvalue weighted by Crippen LogP contribution is 2.33. The lowest BCUT2D eigenvalue weighted by molar-refractivity contribution is 0.415. The molecule has 1 heterocycles. The van der Waals surface area contributed by atoms with Crippen molar-refractivity contribution in [3.05, 3.63) is 88.1 Å². The molecular weight excluding hydrogens is 416 g/mol. The number of benzene rings is 3. The van der Waals surface area contributed by atoms with Crippen molar-refractivity contribution in [1.29, 1.82) is 0 Å². The molecule has 0 atom stereocenters. The molecule has 0 aliphatic carbocycles. The van der Waals surface area contributed by atoms with E-state index in [9.17, 15) is 13.2 Å². The predicted octanol–water partition coefficient (Wildman–Crippen LogP) is 4.85. The smallest absolute Gasteiger partial charge is 0.339 e. The van der Waals surface area contributed by atoms with E-state index < -0.39 is 15.5 Å². The van der Waals surface area contributed by atoms with Crippen LogP contribution in [0.5, 0.6) is 11.5 Å². The highest BCUT2D eigenvalue weighted by Gasteiger charge is 2.25. The molecule has 4 aromatic rings. The van der Waals surface area contributed by atoms with E-state index in [1.54, 1.807) is 54.6 Å². The van der Waals surface area contributed by atoms with Gasteiger partial charge in [-0.25, -0.2) is 0 Å². The fraction of sp³-hybridized carbons (Fsp3) is 0.125. The molecule has 31 heavy (non-hydrogen) atoms. The van der Waals surface area contributed by atoms with E-state index in [1.807, 2.05) is 13.8 Å². The van der Waals surface area contributed by atoms with E-state index in [0.29, 0.717) is 16.9 Å². The second-order valence-electron chi connectivity index (χ2n) is 7.17. The maximum Gasteiger partial charge on any atom is 0.339 e. The molecule has 0 N–H and O–H groups in total. The normalized spacial score (nSPS) is 11.5. The Morgan fingerprint density at radius 3 is 2.13 bits per heavy atom. The Bertz CT molecular complexity index is 1420. The molecule has 0 fully saturated rings. The van der Waals surface area contributed by atoms with Crippen LogP contribution in [0.2, 0.25) is 0 Å². The first-order chi connectivity index (χ1) is 14.8. The van der Waals surface area contributed by atoms with E-state index in [4.69, 9.17) is 13.3 Å². The second-order valence-corrected chi connectivity index (χ2v) is 8.71. The monoisotopic (exact) mass is 436 g/mol. The van der Waals surface area contributed by atoms with Crippen LogP contribution < -0.4 is 14.3 Å². The topological polar surface area (TPSA) is 82.8 Å². The van der Waals surface area contributed by atoms with Gasteiger partial charge in [-0.2, -0.15) is 8.42 Å². The molecule has 3 aromatic carbocycles. The number of rotatable bonds is 5. The van der Waals surface area contributed by atoms with Crippen LogP contribution in [0.15, 0.2) is 80.8 Å². The number of hydrogen-bond acceptors (Lipinski definition) is 6. The molecule has 0 saturated carbocycles. The fourth-order valence-corrected chi connectivity index (χ4v) is 4.09. The first-order valence-corrected chi connectivity index (χ1v) is 10.9. The highest BCUT2D eigenvalue weighted by molar-refractivity contribution is 7.87. The standard InChI is InChI=1S/C24H20O6S/c1-15-4-11-19(12-5-15)31(26,27)30-24-22(25)20-13-6-16(2)14-21(20)29-23(24)17-7-9-18(28-3)10-8-17/h4-14H,1-3H3. The van der Waals surface area contributed by atoms with Crippen LogP contribution in [0.1, 0.15) is 11.1 Å². The van der Waals surface area contributed by atoms with E-state index in [0.717, 1.165) is 11.1 Å². The number of ether oxygens (including phenoxy) is 1. The number of hydrogen-bond donors (Lipinski definition) is 0. The SMILES string of the molecule is COc1ccc(-c2oc3cc(C)ccc3c(=O)c2OS(=O)(=O)c2ccc(C)cc2)cc1. The Morgan fingerprint density at radius 2 is 1.48 bits per heavy atom. The van der Waals surface area contributed by atoms with Gasteiger partial charge < -0.3 is 13.3 Å². The van der Waals surface area contributed by atoms with Crippen molar-refractivity contribution in [3.63, 3.8) is 0 Å². The molecule has 0 bridgehead atoms. The summed E-state index contributed by atoms with van der Waals surface area (Å²) in [6.45, 7) is 3.72. The summed E-state index contributed by atoms with van der Waals surface area (Å²) in [6, 6.07) is 18.0. The molecule has 0 aliphatic rings. The molecule has 1 aromatic heterocycles. The molecule has 4 rings (SSSR count). The lowest BCUT2D eigenvalue weighted by Crippen LogP contribution is -2.17. The van der Waals surface area contributed by atoms with Gasteiger partial charge in [0.2, 0.25) is 11.2 Å². The average molecular weight is 436 g/mol. The van der Waals surface area contributed by atoms with Crippen LogP contribution >= 0.6 is 0 Å². The third-order valence-corrected chi connectivity index (χ3v) is 6.10. The molecule has 0 aliphatic heterocycles. The van der Waals surface area contributed by atoms with Gasteiger partial charge in [0.25, 0.3) is 0 Å². The molecule has 0 spiro atoms. The third-order valence-electron chi connectivity index (χ3n) is 4.86. The van der Waals surface area contributed by atoms with E-state index >= 15 is 0 Å². The van der Waals surface area contributed by atoms with Crippen LogP contribution in [0.3, 0.4) is 0 Å². The zero-order valence-corrected chi connectivity index (χ0v) is 18.0.